The van der Waals surface area contributed by atoms with Crippen molar-refractivity contribution >= 4 is 17.2 Å². The molecule has 1 aliphatic carbocycles. The molecule has 4 rings (SSSR count). The molecular formula is C17H22N4O2S. The van der Waals surface area contributed by atoms with Gasteiger partial charge in [-0.2, -0.15) is 5.10 Å². The summed E-state index contributed by atoms with van der Waals surface area (Å²) in [7, 11) is 0. The zero-order valence-electron chi connectivity index (χ0n) is 14.0. The molecule has 2 aromatic rings. The molecule has 0 saturated carbocycles. The highest BCUT2D eigenvalue weighted by molar-refractivity contribution is 7.10. The number of ether oxygens (including phenoxy) is 1. The maximum absolute atomic E-state index is 13.0. The van der Waals surface area contributed by atoms with E-state index in [1.165, 1.54) is 16.9 Å². The average molecular weight is 346 g/mol. The zero-order valence-corrected chi connectivity index (χ0v) is 14.9. The normalized spacial score (nSPS) is 24.0. The van der Waals surface area contributed by atoms with Crippen LogP contribution in [-0.4, -0.2) is 45.7 Å². The van der Waals surface area contributed by atoms with Crippen molar-refractivity contribution in [3.63, 3.8) is 0 Å². The third-order valence-electron chi connectivity index (χ3n) is 4.89. The number of rotatable bonds is 2. The van der Waals surface area contributed by atoms with Crippen LogP contribution < -0.4 is 0 Å². The average Bonchev–Trinajstić information content (AvgIpc) is 3.20. The smallest absolute Gasteiger partial charge is 0.255 e. The molecule has 6 nitrogen and oxygen atoms in total. The van der Waals surface area contributed by atoms with E-state index in [9.17, 15) is 4.79 Å². The number of aromatic nitrogens is 3. The maximum atomic E-state index is 13.0. The van der Waals surface area contributed by atoms with Gasteiger partial charge in [0.1, 0.15) is 11.9 Å². The molecule has 2 aromatic heterocycles. The van der Waals surface area contributed by atoms with Gasteiger partial charge in [0.15, 0.2) is 5.82 Å². The second-order valence-corrected chi connectivity index (χ2v) is 7.75. The number of carbonyl (C=O) groups excluding carboxylic acids is 1. The Morgan fingerprint density at radius 3 is 3.17 bits per heavy atom. The number of carbonyl (C=O) groups is 1. The van der Waals surface area contributed by atoms with Crippen LogP contribution in [-0.2, 0) is 17.6 Å². The fourth-order valence-electron chi connectivity index (χ4n) is 3.52. The van der Waals surface area contributed by atoms with Crippen LogP contribution in [0.15, 0.2) is 5.38 Å². The molecule has 0 radical (unpaired) electrons. The van der Waals surface area contributed by atoms with Gasteiger partial charge < -0.3 is 9.64 Å². The SMILES string of the molecule is Cc1nc([C@@H]2CN(C(=O)c3csc4c3CC[C@@H](C)C4)CCO2)n[nH]1. The van der Waals surface area contributed by atoms with E-state index in [0.717, 1.165) is 30.1 Å². The minimum Gasteiger partial charge on any atom is -0.366 e. The Labute approximate surface area is 145 Å². The minimum atomic E-state index is -0.248. The number of hydrogen-bond donors (Lipinski definition) is 1. The Morgan fingerprint density at radius 1 is 1.50 bits per heavy atom. The number of nitrogens with one attached hydrogen (secondary N) is 1. The van der Waals surface area contributed by atoms with Crippen LogP contribution in [0.5, 0.6) is 0 Å². The van der Waals surface area contributed by atoms with Gasteiger partial charge in [0.05, 0.1) is 18.7 Å². The lowest BCUT2D eigenvalue weighted by Gasteiger charge is -2.32. The largest absolute Gasteiger partial charge is 0.366 e. The molecule has 1 aliphatic heterocycles. The highest BCUT2D eigenvalue weighted by Gasteiger charge is 2.31. The van der Waals surface area contributed by atoms with E-state index in [1.807, 2.05) is 17.2 Å². The molecule has 1 N–H and O–H groups in total. The lowest BCUT2D eigenvalue weighted by atomic mass is 9.88. The van der Waals surface area contributed by atoms with Crippen LogP contribution in [0.2, 0.25) is 0 Å². The van der Waals surface area contributed by atoms with E-state index in [4.69, 9.17) is 4.74 Å². The van der Waals surface area contributed by atoms with Crippen LogP contribution in [0, 0.1) is 12.8 Å². The summed E-state index contributed by atoms with van der Waals surface area (Å²) in [6.07, 6.45) is 3.05. The fourth-order valence-corrected chi connectivity index (χ4v) is 4.76. The zero-order chi connectivity index (χ0) is 16.7. The molecule has 0 bridgehead atoms. The number of morpholine rings is 1. The standard InChI is InChI=1S/C17H22N4O2S/c1-10-3-4-12-13(9-24-15(12)7-10)17(22)21-5-6-23-14(8-21)16-18-11(2)19-20-16/h9-10,14H,3-8H2,1-2H3,(H,18,19,20)/t10-,14+/m1/s1. The van der Waals surface area contributed by atoms with Crippen molar-refractivity contribution in [2.75, 3.05) is 19.7 Å². The Morgan fingerprint density at radius 2 is 2.38 bits per heavy atom. The Kier molecular flexibility index (Phi) is 4.14. The van der Waals surface area contributed by atoms with Gasteiger partial charge >= 0.3 is 0 Å². The summed E-state index contributed by atoms with van der Waals surface area (Å²) < 4.78 is 5.77. The molecule has 0 spiro atoms. The van der Waals surface area contributed by atoms with E-state index >= 15 is 0 Å². The van der Waals surface area contributed by atoms with Crippen molar-refractivity contribution in [1.29, 1.82) is 0 Å². The molecule has 128 valence electrons. The number of amides is 1. The fraction of sp³-hybridized carbons (Fsp3) is 0.588. The molecule has 1 fully saturated rings. The maximum Gasteiger partial charge on any atom is 0.255 e. The number of fused-ring (bicyclic) bond motifs is 1. The second-order valence-electron chi connectivity index (χ2n) is 6.79. The van der Waals surface area contributed by atoms with E-state index in [0.29, 0.717) is 25.5 Å². The van der Waals surface area contributed by atoms with Crippen LogP contribution in [0.25, 0.3) is 0 Å². The summed E-state index contributed by atoms with van der Waals surface area (Å²) in [5.74, 6) is 2.24. The molecule has 7 heteroatoms. The van der Waals surface area contributed by atoms with Crippen molar-refractivity contribution in [3.8, 4) is 0 Å². The monoisotopic (exact) mass is 346 g/mol. The lowest BCUT2D eigenvalue weighted by molar-refractivity contribution is -0.0267. The third kappa shape index (κ3) is 2.86. The van der Waals surface area contributed by atoms with Crippen molar-refractivity contribution in [2.45, 2.75) is 39.2 Å². The summed E-state index contributed by atoms with van der Waals surface area (Å²) in [5, 5.41) is 9.07. The van der Waals surface area contributed by atoms with Gasteiger partial charge in [-0.25, -0.2) is 4.98 Å². The molecule has 0 unspecified atom stereocenters. The predicted octanol–water partition coefficient (Wildman–Crippen LogP) is 2.51. The number of aryl methyl sites for hydroxylation is 1. The molecule has 2 atom stereocenters. The topological polar surface area (TPSA) is 71.1 Å². The predicted molar refractivity (Wildman–Crippen MR) is 91.2 cm³/mol. The van der Waals surface area contributed by atoms with Crippen LogP contribution >= 0.6 is 11.3 Å². The van der Waals surface area contributed by atoms with Gasteiger partial charge in [0.2, 0.25) is 0 Å². The molecule has 0 aromatic carbocycles. The summed E-state index contributed by atoms with van der Waals surface area (Å²) in [5.41, 5.74) is 2.17. The van der Waals surface area contributed by atoms with Gasteiger partial charge in [0, 0.05) is 16.8 Å². The Balaban J connectivity index is 1.52. The first-order valence-corrected chi connectivity index (χ1v) is 9.39. The van der Waals surface area contributed by atoms with Gasteiger partial charge in [-0.05, 0) is 37.7 Å². The van der Waals surface area contributed by atoms with E-state index in [1.54, 1.807) is 11.3 Å². The van der Waals surface area contributed by atoms with E-state index in [2.05, 4.69) is 22.1 Å². The van der Waals surface area contributed by atoms with Gasteiger partial charge in [-0.3, -0.25) is 9.89 Å². The van der Waals surface area contributed by atoms with E-state index < -0.39 is 0 Å². The van der Waals surface area contributed by atoms with Gasteiger partial charge in [-0.1, -0.05) is 6.92 Å². The number of nitrogens with zero attached hydrogens (tertiary/aromatic N) is 3. The summed E-state index contributed by atoms with van der Waals surface area (Å²) in [6, 6.07) is 0. The first-order chi connectivity index (χ1) is 11.6. The van der Waals surface area contributed by atoms with Crippen molar-refractivity contribution < 1.29 is 9.53 Å². The summed E-state index contributed by atoms with van der Waals surface area (Å²) >= 11 is 1.74. The first-order valence-electron chi connectivity index (χ1n) is 8.51. The number of H-pyrrole nitrogens is 1. The second kappa shape index (κ2) is 6.29. The molecule has 1 amide bonds. The molecular weight excluding hydrogens is 324 g/mol. The molecule has 2 aliphatic rings. The van der Waals surface area contributed by atoms with Crippen LogP contribution in [0.4, 0.5) is 0 Å². The van der Waals surface area contributed by atoms with Crippen molar-refractivity contribution in [1.82, 2.24) is 20.1 Å². The molecule has 1 saturated heterocycles. The van der Waals surface area contributed by atoms with Crippen LogP contribution in [0.3, 0.4) is 0 Å². The van der Waals surface area contributed by atoms with E-state index in [-0.39, 0.29) is 12.0 Å². The first kappa shape index (κ1) is 15.8. The number of hydrogen-bond acceptors (Lipinski definition) is 5. The van der Waals surface area contributed by atoms with Crippen molar-refractivity contribution in [3.05, 3.63) is 33.0 Å². The summed E-state index contributed by atoms with van der Waals surface area (Å²) in [6.45, 7) is 5.81. The molecule has 24 heavy (non-hydrogen) atoms. The number of aromatic amines is 1. The van der Waals surface area contributed by atoms with Crippen LogP contribution in [0.1, 0.15) is 51.9 Å². The molecule has 3 heterocycles. The Bertz CT molecular complexity index is 754. The minimum absolute atomic E-state index is 0.127. The third-order valence-corrected chi connectivity index (χ3v) is 5.94. The lowest BCUT2D eigenvalue weighted by Crippen LogP contribution is -2.42. The number of thiophene rings is 1. The quantitative estimate of drug-likeness (QED) is 0.907. The van der Waals surface area contributed by atoms with Gasteiger partial charge in [-0.15, -0.1) is 11.3 Å². The van der Waals surface area contributed by atoms with Crippen molar-refractivity contribution in [2.24, 2.45) is 5.92 Å². The highest BCUT2D eigenvalue weighted by atomic mass is 32.1. The Hall–Kier alpha value is -1.73. The van der Waals surface area contributed by atoms with Gasteiger partial charge in [0.25, 0.3) is 5.91 Å². The highest BCUT2D eigenvalue weighted by Crippen LogP contribution is 2.34. The summed E-state index contributed by atoms with van der Waals surface area (Å²) in [4.78, 5) is 20.7.